The van der Waals surface area contributed by atoms with E-state index >= 15 is 0 Å². The largest absolute Gasteiger partial charge is 0.103 e. The van der Waals surface area contributed by atoms with Crippen molar-refractivity contribution in [2.45, 2.75) is 25.7 Å². The molecule has 0 spiro atoms. The zero-order valence-corrected chi connectivity index (χ0v) is 7.94. The lowest BCUT2D eigenvalue weighted by Gasteiger charge is -2.05. The van der Waals surface area contributed by atoms with Gasteiger partial charge >= 0.3 is 0 Å². The van der Waals surface area contributed by atoms with E-state index in [2.05, 4.69) is 28.6 Å². The molecule has 0 aromatic heterocycles. The van der Waals surface area contributed by atoms with Gasteiger partial charge in [0.15, 0.2) is 0 Å². The van der Waals surface area contributed by atoms with E-state index in [1.807, 2.05) is 0 Å². The first-order valence-electron chi connectivity index (χ1n) is 4.03. The molecule has 0 aliphatic heterocycles. The molecule has 1 saturated carbocycles. The highest BCUT2D eigenvalue weighted by Crippen LogP contribution is 2.33. The fourth-order valence-electron chi connectivity index (χ4n) is 1.77. The summed E-state index contributed by atoms with van der Waals surface area (Å²) in [5.74, 6) is 1.89. The van der Waals surface area contributed by atoms with Gasteiger partial charge in [-0.25, -0.2) is 0 Å². The van der Waals surface area contributed by atoms with Crippen molar-refractivity contribution < 1.29 is 0 Å². The summed E-state index contributed by atoms with van der Waals surface area (Å²) in [6.45, 7) is 3.76. The lowest BCUT2D eigenvalue weighted by Crippen LogP contribution is -1.96. The number of hydrogen-bond acceptors (Lipinski definition) is 0. The van der Waals surface area contributed by atoms with Crippen LogP contribution in [0.4, 0.5) is 0 Å². The molecule has 1 heteroatoms. The van der Waals surface area contributed by atoms with Crippen LogP contribution < -0.4 is 0 Å². The molecule has 2 atom stereocenters. The van der Waals surface area contributed by atoms with Crippen molar-refractivity contribution in [2.24, 2.45) is 11.8 Å². The third-order valence-corrected chi connectivity index (χ3v) is 3.28. The van der Waals surface area contributed by atoms with Gasteiger partial charge in [-0.1, -0.05) is 22.0 Å². The van der Waals surface area contributed by atoms with Crippen molar-refractivity contribution in [3.05, 3.63) is 12.7 Å². The molecular formula is C9H15Br. The van der Waals surface area contributed by atoms with E-state index in [0.29, 0.717) is 0 Å². The Kier molecular flexibility index (Phi) is 3.47. The van der Waals surface area contributed by atoms with Crippen LogP contribution in [-0.2, 0) is 0 Å². The molecule has 0 N–H and O–H groups in total. The van der Waals surface area contributed by atoms with E-state index in [9.17, 15) is 0 Å². The van der Waals surface area contributed by atoms with Crippen LogP contribution >= 0.6 is 15.9 Å². The van der Waals surface area contributed by atoms with E-state index < -0.39 is 0 Å². The van der Waals surface area contributed by atoms with Gasteiger partial charge < -0.3 is 0 Å². The molecule has 10 heavy (non-hydrogen) atoms. The Balaban J connectivity index is 2.21. The van der Waals surface area contributed by atoms with E-state index in [4.69, 9.17) is 0 Å². The van der Waals surface area contributed by atoms with Gasteiger partial charge in [-0.15, -0.1) is 6.58 Å². The van der Waals surface area contributed by atoms with Crippen LogP contribution in [0.1, 0.15) is 25.7 Å². The maximum Gasteiger partial charge on any atom is 0.00597 e. The minimum Gasteiger partial charge on any atom is -0.103 e. The van der Waals surface area contributed by atoms with Crippen molar-refractivity contribution in [1.29, 1.82) is 0 Å². The zero-order valence-electron chi connectivity index (χ0n) is 6.35. The molecule has 0 nitrogen and oxygen atoms in total. The summed E-state index contributed by atoms with van der Waals surface area (Å²) in [5.41, 5.74) is 0. The molecule has 0 bridgehead atoms. The molecule has 2 unspecified atom stereocenters. The maximum absolute atomic E-state index is 3.76. The summed E-state index contributed by atoms with van der Waals surface area (Å²) in [6.07, 6.45) is 7.54. The van der Waals surface area contributed by atoms with Gasteiger partial charge in [0.1, 0.15) is 0 Å². The average molecular weight is 203 g/mol. The first-order valence-corrected chi connectivity index (χ1v) is 5.15. The summed E-state index contributed by atoms with van der Waals surface area (Å²) >= 11 is 3.53. The molecule has 0 amide bonds. The van der Waals surface area contributed by atoms with Gasteiger partial charge in [-0.05, 0) is 37.5 Å². The summed E-state index contributed by atoms with van der Waals surface area (Å²) in [5, 5.41) is 1.20. The fourth-order valence-corrected chi connectivity index (χ4v) is 2.36. The minimum absolute atomic E-state index is 0.944. The zero-order chi connectivity index (χ0) is 7.40. The predicted octanol–water partition coefficient (Wildman–Crippen LogP) is 3.37. The van der Waals surface area contributed by atoms with E-state index in [-0.39, 0.29) is 0 Å². The van der Waals surface area contributed by atoms with Gasteiger partial charge in [0.2, 0.25) is 0 Å². The molecule has 1 rings (SSSR count). The second kappa shape index (κ2) is 4.17. The molecule has 0 saturated heterocycles. The third kappa shape index (κ3) is 2.12. The smallest absolute Gasteiger partial charge is 0.00597 e. The molecular weight excluding hydrogens is 188 g/mol. The highest BCUT2D eigenvalue weighted by Gasteiger charge is 2.22. The Bertz CT molecular complexity index is 109. The highest BCUT2D eigenvalue weighted by atomic mass is 79.9. The number of alkyl halides is 1. The van der Waals surface area contributed by atoms with E-state index in [1.54, 1.807) is 0 Å². The van der Waals surface area contributed by atoms with Crippen molar-refractivity contribution in [3.63, 3.8) is 0 Å². The quantitative estimate of drug-likeness (QED) is 0.487. The molecule has 1 aliphatic rings. The monoisotopic (exact) mass is 202 g/mol. The Morgan fingerprint density at radius 1 is 1.40 bits per heavy atom. The Morgan fingerprint density at radius 3 is 2.60 bits per heavy atom. The first-order chi connectivity index (χ1) is 4.86. The molecule has 0 heterocycles. The van der Waals surface area contributed by atoms with Crippen LogP contribution in [0.25, 0.3) is 0 Å². The van der Waals surface area contributed by atoms with Gasteiger partial charge in [0.05, 0.1) is 0 Å². The number of hydrogen-bond donors (Lipinski definition) is 0. The summed E-state index contributed by atoms with van der Waals surface area (Å²) in [7, 11) is 0. The van der Waals surface area contributed by atoms with Crippen LogP contribution in [-0.4, -0.2) is 5.33 Å². The molecule has 0 aromatic carbocycles. The fraction of sp³-hybridized carbons (Fsp3) is 0.778. The lowest BCUT2D eigenvalue weighted by atomic mass is 10.0. The third-order valence-electron chi connectivity index (χ3n) is 2.37. The van der Waals surface area contributed by atoms with Gasteiger partial charge in [-0.3, -0.25) is 0 Å². The number of allylic oxidation sites excluding steroid dienone is 1. The van der Waals surface area contributed by atoms with Crippen molar-refractivity contribution in [3.8, 4) is 0 Å². The van der Waals surface area contributed by atoms with Crippen molar-refractivity contribution >= 4 is 15.9 Å². The molecule has 1 fully saturated rings. The van der Waals surface area contributed by atoms with Crippen LogP contribution in [0.2, 0.25) is 0 Å². The topological polar surface area (TPSA) is 0 Å². The summed E-state index contributed by atoms with van der Waals surface area (Å²) in [4.78, 5) is 0. The van der Waals surface area contributed by atoms with Gasteiger partial charge in [0, 0.05) is 5.33 Å². The average Bonchev–Trinajstić information content (AvgIpc) is 2.37. The normalized spacial score (nSPS) is 32.5. The maximum atomic E-state index is 3.76. The second-order valence-electron chi connectivity index (χ2n) is 3.22. The Labute approximate surface area is 71.8 Å². The lowest BCUT2D eigenvalue weighted by molar-refractivity contribution is 0.527. The van der Waals surface area contributed by atoms with Gasteiger partial charge in [-0.2, -0.15) is 0 Å². The SMILES string of the molecule is C=CCC1CCC(CBr)C1. The van der Waals surface area contributed by atoms with E-state index in [0.717, 1.165) is 11.8 Å². The summed E-state index contributed by atoms with van der Waals surface area (Å²) in [6, 6.07) is 0. The summed E-state index contributed by atoms with van der Waals surface area (Å²) < 4.78 is 0. The second-order valence-corrected chi connectivity index (χ2v) is 3.87. The Morgan fingerprint density at radius 2 is 2.10 bits per heavy atom. The standard InChI is InChI=1S/C9H15Br/c1-2-3-8-4-5-9(6-8)7-10/h2,8-9H,1,3-7H2. The van der Waals surface area contributed by atoms with Crippen LogP contribution in [0.15, 0.2) is 12.7 Å². The molecule has 1 aliphatic carbocycles. The van der Waals surface area contributed by atoms with Gasteiger partial charge in [0.25, 0.3) is 0 Å². The van der Waals surface area contributed by atoms with Crippen LogP contribution in [0.5, 0.6) is 0 Å². The predicted molar refractivity (Wildman–Crippen MR) is 49.4 cm³/mol. The highest BCUT2D eigenvalue weighted by molar-refractivity contribution is 9.09. The van der Waals surface area contributed by atoms with Crippen molar-refractivity contribution in [2.75, 3.05) is 5.33 Å². The molecule has 0 aromatic rings. The van der Waals surface area contributed by atoms with Crippen LogP contribution in [0, 0.1) is 11.8 Å². The van der Waals surface area contributed by atoms with Crippen LogP contribution in [0.3, 0.4) is 0 Å². The van der Waals surface area contributed by atoms with E-state index in [1.165, 1.54) is 31.0 Å². The molecule has 58 valence electrons. The number of rotatable bonds is 3. The minimum atomic E-state index is 0.944. The van der Waals surface area contributed by atoms with Crippen molar-refractivity contribution in [1.82, 2.24) is 0 Å². The molecule has 0 radical (unpaired) electrons. The first kappa shape index (κ1) is 8.32. The Hall–Kier alpha value is 0.220. The number of halogens is 1.